The Hall–Kier alpha value is -4.50. The number of nitrogens with zero attached hydrogens (tertiary/aromatic N) is 2. The van der Waals surface area contributed by atoms with Crippen LogP contribution in [0.2, 0.25) is 0 Å². The molecule has 210 valence electrons. The third-order valence-corrected chi connectivity index (χ3v) is 9.52. The van der Waals surface area contributed by atoms with Crippen LogP contribution in [0.5, 0.6) is 0 Å². The lowest BCUT2D eigenvalue weighted by Crippen LogP contribution is -2.56. The van der Waals surface area contributed by atoms with E-state index in [1.54, 1.807) is 0 Å². The Kier molecular flexibility index (Phi) is 6.95. The average Bonchev–Trinajstić information content (AvgIpc) is 3.04. The van der Waals surface area contributed by atoms with E-state index in [1.165, 1.54) is 34.1 Å². The molecule has 0 spiro atoms. The molecule has 4 unspecified atom stereocenters. The monoisotopic (exact) mass is 549 g/mol. The molecule has 1 aliphatic heterocycles. The highest BCUT2D eigenvalue weighted by atomic mass is 15.2. The Morgan fingerprint density at radius 3 is 1.69 bits per heavy atom. The van der Waals surface area contributed by atoms with Gasteiger partial charge in [-0.15, -0.1) is 0 Å². The lowest BCUT2D eigenvalue weighted by atomic mass is 9.59. The zero-order valence-electron chi connectivity index (χ0n) is 24.5. The number of para-hydroxylation sites is 4. The number of fused-ring (bicyclic) bond motifs is 2. The first-order chi connectivity index (χ1) is 20.6. The van der Waals surface area contributed by atoms with Gasteiger partial charge in [-0.3, -0.25) is 0 Å². The Bertz CT molecular complexity index is 1510. The maximum absolute atomic E-state index is 3.98. The van der Waals surface area contributed by atoms with Gasteiger partial charge in [0.05, 0.1) is 6.04 Å². The standard InChI is InChI=1S/C39H39N3/c1-39(2)35-27-33(41(29-15-7-3-8-16-29)30-17-9-4-10-18-30)23-25-37(35)40-38-26-24-34(28-36(38)39)42(31-19-11-5-12-20-31)32-21-13-6-14-22-32/h3-23,25-27,34-37,40H,24,28H2,1-2H3. The topological polar surface area (TPSA) is 18.5 Å². The summed E-state index contributed by atoms with van der Waals surface area (Å²) in [4.78, 5) is 4.95. The molecule has 3 heteroatoms. The lowest BCUT2D eigenvalue weighted by molar-refractivity contribution is 0.0933. The van der Waals surface area contributed by atoms with E-state index in [1.807, 2.05) is 0 Å². The van der Waals surface area contributed by atoms with Gasteiger partial charge in [0, 0.05) is 52.0 Å². The van der Waals surface area contributed by atoms with Crippen LogP contribution in [0, 0.1) is 17.3 Å². The van der Waals surface area contributed by atoms with Crippen LogP contribution in [0.25, 0.3) is 0 Å². The highest BCUT2D eigenvalue weighted by molar-refractivity contribution is 5.70. The number of hydrogen-bond donors (Lipinski definition) is 1. The maximum Gasteiger partial charge on any atom is 0.0514 e. The van der Waals surface area contributed by atoms with Gasteiger partial charge in [0.15, 0.2) is 0 Å². The fourth-order valence-corrected chi connectivity index (χ4v) is 7.38. The molecule has 4 aromatic rings. The second-order valence-electron chi connectivity index (χ2n) is 12.4. The number of benzene rings is 4. The van der Waals surface area contributed by atoms with Crippen molar-refractivity contribution in [1.82, 2.24) is 5.32 Å². The van der Waals surface area contributed by atoms with E-state index in [4.69, 9.17) is 0 Å². The highest BCUT2D eigenvalue weighted by Gasteiger charge is 2.49. The van der Waals surface area contributed by atoms with Crippen LogP contribution in [0.1, 0.15) is 26.7 Å². The van der Waals surface area contributed by atoms with Gasteiger partial charge in [-0.25, -0.2) is 0 Å². The molecular formula is C39H39N3. The van der Waals surface area contributed by atoms with Crippen molar-refractivity contribution >= 4 is 22.7 Å². The summed E-state index contributed by atoms with van der Waals surface area (Å²) < 4.78 is 0. The molecule has 0 amide bonds. The molecular weight excluding hydrogens is 510 g/mol. The van der Waals surface area contributed by atoms with Crippen LogP contribution in [0.3, 0.4) is 0 Å². The van der Waals surface area contributed by atoms with Gasteiger partial charge in [-0.2, -0.15) is 0 Å². The average molecular weight is 550 g/mol. The molecule has 0 bridgehead atoms. The van der Waals surface area contributed by atoms with E-state index in [9.17, 15) is 0 Å². The van der Waals surface area contributed by atoms with Gasteiger partial charge < -0.3 is 15.1 Å². The minimum Gasteiger partial charge on any atom is -0.382 e. The highest BCUT2D eigenvalue weighted by Crippen LogP contribution is 2.52. The van der Waals surface area contributed by atoms with Crippen molar-refractivity contribution in [1.29, 1.82) is 0 Å². The van der Waals surface area contributed by atoms with Gasteiger partial charge in [-0.1, -0.05) is 105 Å². The minimum atomic E-state index is 0.0640. The van der Waals surface area contributed by atoms with Gasteiger partial charge >= 0.3 is 0 Å². The molecule has 3 nitrogen and oxygen atoms in total. The number of nitrogens with one attached hydrogen (secondary N) is 1. The summed E-state index contributed by atoms with van der Waals surface area (Å²) in [5, 5.41) is 3.98. The normalized spacial score (nSPS) is 23.9. The summed E-state index contributed by atoms with van der Waals surface area (Å²) in [5.41, 5.74) is 7.59. The van der Waals surface area contributed by atoms with Crippen LogP contribution in [0.15, 0.2) is 157 Å². The van der Waals surface area contributed by atoms with Crippen LogP contribution in [-0.4, -0.2) is 12.1 Å². The van der Waals surface area contributed by atoms with Crippen molar-refractivity contribution in [2.45, 2.75) is 38.8 Å². The van der Waals surface area contributed by atoms with E-state index in [0.29, 0.717) is 17.9 Å². The third-order valence-electron chi connectivity index (χ3n) is 9.52. The number of rotatable bonds is 6. The Labute approximate surface area is 250 Å². The van der Waals surface area contributed by atoms with E-state index < -0.39 is 0 Å². The number of allylic oxidation sites excluding steroid dienone is 2. The Balaban J connectivity index is 1.23. The van der Waals surface area contributed by atoms with Crippen molar-refractivity contribution in [3.8, 4) is 0 Å². The van der Waals surface area contributed by atoms with Gasteiger partial charge in [0.2, 0.25) is 0 Å². The van der Waals surface area contributed by atoms with E-state index in [-0.39, 0.29) is 11.5 Å². The summed E-state index contributed by atoms with van der Waals surface area (Å²) in [5.74, 6) is 0.786. The van der Waals surface area contributed by atoms with Crippen LogP contribution >= 0.6 is 0 Å². The largest absolute Gasteiger partial charge is 0.382 e. The molecule has 1 fully saturated rings. The molecule has 3 aliphatic rings. The Morgan fingerprint density at radius 2 is 1.17 bits per heavy atom. The summed E-state index contributed by atoms with van der Waals surface area (Å²) in [6, 6.07) is 43.9. The van der Waals surface area contributed by atoms with Crippen LogP contribution in [-0.2, 0) is 0 Å². The first kappa shape index (κ1) is 26.4. The molecule has 1 N–H and O–H groups in total. The molecule has 0 aromatic heterocycles. The zero-order valence-corrected chi connectivity index (χ0v) is 24.5. The fraction of sp³-hybridized carbons (Fsp3) is 0.231. The zero-order chi connectivity index (χ0) is 28.5. The van der Waals surface area contributed by atoms with E-state index >= 15 is 0 Å². The number of hydrogen-bond acceptors (Lipinski definition) is 3. The van der Waals surface area contributed by atoms with Gasteiger partial charge in [-0.05, 0) is 72.9 Å². The maximum atomic E-state index is 3.98. The molecule has 4 atom stereocenters. The van der Waals surface area contributed by atoms with Crippen molar-refractivity contribution in [2.24, 2.45) is 17.3 Å². The summed E-state index contributed by atoms with van der Waals surface area (Å²) in [6.45, 7) is 4.98. The predicted octanol–water partition coefficient (Wildman–Crippen LogP) is 9.39. The summed E-state index contributed by atoms with van der Waals surface area (Å²) in [6.07, 6.45) is 11.9. The number of anilines is 4. The van der Waals surface area contributed by atoms with E-state index in [0.717, 1.165) is 12.8 Å². The third kappa shape index (κ3) is 4.83. The number of piperidine rings is 1. The van der Waals surface area contributed by atoms with Crippen molar-refractivity contribution in [3.63, 3.8) is 0 Å². The van der Waals surface area contributed by atoms with Crippen LogP contribution < -0.4 is 15.1 Å². The molecule has 0 saturated carbocycles. The Morgan fingerprint density at radius 1 is 0.667 bits per heavy atom. The molecule has 2 aliphatic carbocycles. The first-order valence-electron chi connectivity index (χ1n) is 15.3. The molecule has 1 heterocycles. The minimum absolute atomic E-state index is 0.0640. The van der Waals surface area contributed by atoms with Crippen molar-refractivity contribution < 1.29 is 0 Å². The molecule has 42 heavy (non-hydrogen) atoms. The second kappa shape index (κ2) is 11.1. The van der Waals surface area contributed by atoms with Crippen molar-refractivity contribution in [3.05, 3.63) is 157 Å². The summed E-state index contributed by atoms with van der Waals surface area (Å²) >= 11 is 0. The molecule has 7 rings (SSSR count). The smallest absolute Gasteiger partial charge is 0.0514 e. The van der Waals surface area contributed by atoms with Gasteiger partial charge in [0.1, 0.15) is 0 Å². The lowest BCUT2D eigenvalue weighted by Gasteiger charge is -2.54. The molecule has 1 saturated heterocycles. The molecule has 0 radical (unpaired) electrons. The first-order valence-corrected chi connectivity index (χ1v) is 15.3. The predicted molar refractivity (Wildman–Crippen MR) is 176 cm³/mol. The fourth-order valence-electron chi connectivity index (χ4n) is 7.38. The van der Waals surface area contributed by atoms with Gasteiger partial charge in [0.25, 0.3) is 0 Å². The summed E-state index contributed by atoms with van der Waals surface area (Å²) in [7, 11) is 0. The SMILES string of the molecule is CC1(C)C2CC(N(c3ccccc3)c3ccccc3)CC=C2NC2C=CC(N(c3ccccc3)c3ccccc3)=CC21. The van der Waals surface area contributed by atoms with Crippen molar-refractivity contribution in [2.75, 3.05) is 9.80 Å². The van der Waals surface area contributed by atoms with E-state index in [2.05, 4.69) is 175 Å². The second-order valence-corrected chi connectivity index (χ2v) is 12.4. The van der Waals surface area contributed by atoms with Crippen LogP contribution in [0.4, 0.5) is 22.7 Å². The quantitative estimate of drug-likeness (QED) is 0.258. The molecule has 4 aromatic carbocycles.